The molecule has 0 radical (unpaired) electrons. The molecule has 0 bridgehead atoms. The maximum Gasteiger partial charge on any atom is 0.251 e. The van der Waals surface area contributed by atoms with Gasteiger partial charge in [-0.2, -0.15) is 0 Å². The molecule has 0 spiro atoms. The van der Waals surface area contributed by atoms with Gasteiger partial charge in [-0.1, -0.05) is 36.8 Å². The molecule has 0 saturated carbocycles. The summed E-state index contributed by atoms with van der Waals surface area (Å²) in [4.78, 5) is 15.1. The molecule has 2 heterocycles. The Hall–Kier alpha value is -2.17. The highest BCUT2D eigenvalue weighted by Crippen LogP contribution is 2.26. The third-order valence-electron chi connectivity index (χ3n) is 5.78. The highest BCUT2D eigenvalue weighted by Gasteiger charge is 2.33. The molecule has 2 aliphatic rings. The Bertz CT molecular complexity index is 851. The Morgan fingerprint density at radius 3 is 2.61 bits per heavy atom. The molecule has 2 saturated heterocycles. The second kappa shape index (κ2) is 8.06. The van der Waals surface area contributed by atoms with E-state index in [9.17, 15) is 4.79 Å². The lowest BCUT2D eigenvalue weighted by Crippen LogP contribution is -2.48. The molecule has 0 unspecified atom stereocenters. The Balaban J connectivity index is 1.50. The summed E-state index contributed by atoms with van der Waals surface area (Å²) >= 11 is 0. The minimum absolute atomic E-state index is 0.0140. The number of likely N-dealkylation sites (tertiary alicyclic amines) is 1. The SMILES string of the molecule is Cc1cc(CN2CCCC2)cc(-c2cccc(C(=O)NCC3(C)COC3)c2)c1. The third-order valence-corrected chi connectivity index (χ3v) is 5.78. The normalized spacial score (nSPS) is 18.6. The van der Waals surface area contributed by atoms with Crippen molar-refractivity contribution >= 4 is 5.91 Å². The van der Waals surface area contributed by atoms with E-state index in [0.29, 0.717) is 12.1 Å². The summed E-state index contributed by atoms with van der Waals surface area (Å²) in [6, 6.07) is 14.7. The number of nitrogens with one attached hydrogen (secondary N) is 1. The summed E-state index contributed by atoms with van der Waals surface area (Å²) in [5, 5.41) is 3.07. The van der Waals surface area contributed by atoms with Gasteiger partial charge in [-0.05, 0) is 67.7 Å². The van der Waals surface area contributed by atoms with Crippen LogP contribution in [0.25, 0.3) is 11.1 Å². The van der Waals surface area contributed by atoms with Gasteiger partial charge in [-0.3, -0.25) is 9.69 Å². The number of benzene rings is 2. The molecule has 1 amide bonds. The van der Waals surface area contributed by atoms with Gasteiger partial charge in [0, 0.05) is 24.1 Å². The van der Waals surface area contributed by atoms with E-state index in [2.05, 4.69) is 48.3 Å². The van der Waals surface area contributed by atoms with Crippen LogP contribution in [0.2, 0.25) is 0 Å². The van der Waals surface area contributed by atoms with Crippen LogP contribution in [0.15, 0.2) is 42.5 Å². The lowest BCUT2D eigenvalue weighted by atomic mass is 9.88. The van der Waals surface area contributed by atoms with Crippen molar-refractivity contribution in [3.05, 3.63) is 59.2 Å². The Morgan fingerprint density at radius 2 is 1.89 bits per heavy atom. The molecule has 148 valence electrons. The first-order valence-corrected chi connectivity index (χ1v) is 10.3. The van der Waals surface area contributed by atoms with Crippen molar-refractivity contribution < 1.29 is 9.53 Å². The maximum atomic E-state index is 12.6. The zero-order chi connectivity index (χ0) is 19.6. The van der Waals surface area contributed by atoms with Gasteiger partial charge in [0.25, 0.3) is 5.91 Å². The van der Waals surface area contributed by atoms with Crippen LogP contribution >= 0.6 is 0 Å². The summed E-state index contributed by atoms with van der Waals surface area (Å²) in [5.41, 5.74) is 5.68. The van der Waals surface area contributed by atoms with E-state index in [-0.39, 0.29) is 11.3 Å². The average Bonchev–Trinajstić information content (AvgIpc) is 3.17. The molecule has 2 aromatic rings. The molecular weight excluding hydrogens is 348 g/mol. The van der Waals surface area contributed by atoms with Gasteiger partial charge in [0.15, 0.2) is 0 Å². The molecule has 0 aliphatic carbocycles. The van der Waals surface area contributed by atoms with Gasteiger partial charge in [-0.25, -0.2) is 0 Å². The fourth-order valence-electron chi connectivity index (χ4n) is 4.11. The molecule has 1 N–H and O–H groups in total. The maximum absolute atomic E-state index is 12.6. The third kappa shape index (κ3) is 4.45. The lowest BCUT2D eigenvalue weighted by molar-refractivity contribution is -0.0978. The zero-order valence-electron chi connectivity index (χ0n) is 17.0. The van der Waals surface area contributed by atoms with Gasteiger partial charge in [-0.15, -0.1) is 0 Å². The standard InChI is InChI=1S/C24H30N2O2/c1-18-10-19(14-26-8-3-4-9-26)12-22(11-18)20-6-5-7-21(13-20)23(27)25-15-24(2)16-28-17-24/h5-7,10-13H,3-4,8-9,14-17H2,1-2H3,(H,25,27). The smallest absolute Gasteiger partial charge is 0.251 e. The summed E-state index contributed by atoms with van der Waals surface area (Å²) in [7, 11) is 0. The van der Waals surface area contributed by atoms with Crippen molar-refractivity contribution in [2.75, 3.05) is 32.8 Å². The first kappa shape index (κ1) is 19.2. The number of aryl methyl sites for hydroxylation is 1. The quantitative estimate of drug-likeness (QED) is 0.825. The van der Waals surface area contributed by atoms with Crippen LogP contribution in [-0.2, 0) is 11.3 Å². The van der Waals surface area contributed by atoms with Crippen LogP contribution in [0, 0.1) is 12.3 Å². The molecule has 4 rings (SSSR count). The van der Waals surface area contributed by atoms with Gasteiger partial charge in [0.1, 0.15) is 0 Å². The topological polar surface area (TPSA) is 41.6 Å². The predicted molar refractivity (Wildman–Crippen MR) is 112 cm³/mol. The van der Waals surface area contributed by atoms with E-state index < -0.39 is 0 Å². The van der Waals surface area contributed by atoms with Crippen molar-refractivity contribution in [1.82, 2.24) is 10.2 Å². The predicted octanol–water partition coefficient (Wildman–Crippen LogP) is 4.02. The molecule has 0 aromatic heterocycles. The molecule has 0 atom stereocenters. The summed E-state index contributed by atoms with van der Waals surface area (Å²) in [5.74, 6) is -0.0140. The Morgan fingerprint density at radius 1 is 1.11 bits per heavy atom. The number of nitrogens with zero attached hydrogens (tertiary/aromatic N) is 1. The largest absolute Gasteiger partial charge is 0.380 e. The molecule has 4 heteroatoms. The number of carbonyl (C=O) groups excluding carboxylic acids is 1. The van der Waals surface area contributed by atoms with Crippen LogP contribution in [0.4, 0.5) is 0 Å². The van der Waals surface area contributed by atoms with E-state index >= 15 is 0 Å². The van der Waals surface area contributed by atoms with E-state index in [1.165, 1.54) is 42.6 Å². The first-order chi connectivity index (χ1) is 13.5. The van der Waals surface area contributed by atoms with Gasteiger partial charge in [0.05, 0.1) is 13.2 Å². The van der Waals surface area contributed by atoms with Crippen LogP contribution < -0.4 is 5.32 Å². The van der Waals surface area contributed by atoms with Gasteiger partial charge < -0.3 is 10.1 Å². The zero-order valence-corrected chi connectivity index (χ0v) is 17.0. The Labute approximate surface area is 167 Å². The fourth-order valence-corrected chi connectivity index (χ4v) is 4.11. The second-order valence-electron chi connectivity index (χ2n) is 8.76. The average molecular weight is 379 g/mol. The van der Waals surface area contributed by atoms with E-state index in [0.717, 1.165) is 25.3 Å². The van der Waals surface area contributed by atoms with E-state index in [1.54, 1.807) is 0 Å². The summed E-state index contributed by atoms with van der Waals surface area (Å²) in [6.07, 6.45) is 2.61. The first-order valence-electron chi connectivity index (χ1n) is 10.3. The minimum atomic E-state index is -0.0140. The van der Waals surface area contributed by atoms with Crippen LogP contribution in [0.3, 0.4) is 0 Å². The lowest BCUT2D eigenvalue weighted by Gasteiger charge is -2.38. The van der Waals surface area contributed by atoms with E-state index in [1.807, 2.05) is 18.2 Å². The van der Waals surface area contributed by atoms with Crippen molar-refractivity contribution in [2.24, 2.45) is 5.41 Å². The van der Waals surface area contributed by atoms with Crippen molar-refractivity contribution in [3.63, 3.8) is 0 Å². The van der Waals surface area contributed by atoms with Crippen LogP contribution in [0.1, 0.15) is 41.3 Å². The minimum Gasteiger partial charge on any atom is -0.380 e. The van der Waals surface area contributed by atoms with E-state index in [4.69, 9.17) is 4.74 Å². The molecular formula is C24H30N2O2. The molecule has 2 fully saturated rings. The fraction of sp³-hybridized carbons (Fsp3) is 0.458. The highest BCUT2D eigenvalue weighted by atomic mass is 16.5. The number of ether oxygens (including phenoxy) is 1. The van der Waals surface area contributed by atoms with Crippen molar-refractivity contribution in [2.45, 2.75) is 33.2 Å². The summed E-state index contributed by atoms with van der Waals surface area (Å²) in [6.45, 7) is 9.78. The van der Waals surface area contributed by atoms with Crippen LogP contribution in [-0.4, -0.2) is 43.7 Å². The summed E-state index contributed by atoms with van der Waals surface area (Å²) < 4.78 is 5.27. The Kier molecular flexibility index (Phi) is 5.51. The number of rotatable bonds is 6. The van der Waals surface area contributed by atoms with Crippen molar-refractivity contribution in [3.8, 4) is 11.1 Å². The molecule has 4 nitrogen and oxygen atoms in total. The number of hydrogen-bond donors (Lipinski definition) is 1. The van der Waals surface area contributed by atoms with Crippen molar-refractivity contribution in [1.29, 1.82) is 0 Å². The molecule has 2 aromatic carbocycles. The number of hydrogen-bond acceptors (Lipinski definition) is 3. The monoisotopic (exact) mass is 378 g/mol. The number of carbonyl (C=O) groups is 1. The van der Waals surface area contributed by atoms with Gasteiger partial charge in [0.2, 0.25) is 0 Å². The molecule has 28 heavy (non-hydrogen) atoms. The second-order valence-corrected chi connectivity index (χ2v) is 8.76. The van der Waals surface area contributed by atoms with Crippen LogP contribution in [0.5, 0.6) is 0 Å². The van der Waals surface area contributed by atoms with Gasteiger partial charge >= 0.3 is 0 Å². The number of amides is 1. The highest BCUT2D eigenvalue weighted by molar-refractivity contribution is 5.95. The molecule has 2 aliphatic heterocycles.